The highest BCUT2D eigenvalue weighted by molar-refractivity contribution is 7.89. The van der Waals surface area contributed by atoms with Crippen molar-refractivity contribution in [2.24, 2.45) is 5.92 Å². The third-order valence-corrected chi connectivity index (χ3v) is 5.16. The van der Waals surface area contributed by atoms with E-state index in [0.29, 0.717) is 12.5 Å². The van der Waals surface area contributed by atoms with Crippen LogP contribution in [0.2, 0.25) is 5.02 Å². The van der Waals surface area contributed by atoms with Gasteiger partial charge in [-0.3, -0.25) is 0 Å². The molecule has 0 saturated carbocycles. The highest BCUT2D eigenvalue weighted by Crippen LogP contribution is 2.19. The van der Waals surface area contributed by atoms with Gasteiger partial charge in [0.15, 0.2) is 0 Å². The Morgan fingerprint density at radius 2 is 2.24 bits per heavy atom. The van der Waals surface area contributed by atoms with E-state index >= 15 is 0 Å². The van der Waals surface area contributed by atoms with Crippen LogP contribution in [-0.4, -0.2) is 28.1 Å². The van der Waals surface area contributed by atoms with Gasteiger partial charge in [0.2, 0.25) is 10.0 Å². The van der Waals surface area contributed by atoms with Crippen molar-refractivity contribution < 1.29 is 8.42 Å². The molecule has 1 unspecified atom stereocenters. The summed E-state index contributed by atoms with van der Waals surface area (Å²) in [6, 6.07) is 6.00. The van der Waals surface area contributed by atoms with E-state index in [9.17, 15) is 8.42 Å². The largest absolute Gasteiger partial charge is 0.316 e. The Bertz CT molecular complexity index is 623. The van der Waals surface area contributed by atoms with Crippen LogP contribution >= 0.6 is 24.0 Å². The van der Waals surface area contributed by atoms with E-state index in [1.54, 1.807) is 0 Å². The van der Waals surface area contributed by atoms with Gasteiger partial charge in [0, 0.05) is 6.54 Å². The van der Waals surface area contributed by atoms with Gasteiger partial charge in [-0.05, 0) is 50.0 Å². The minimum Gasteiger partial charge on any atom is -0.316 e. The fourth-order valence-corrected chi connectivity index (χ4v) is 3.43. The number of benzene rings is 1. The Balaban J connectivity index is 0.00000220. The topological polar surface area (TPSA) is 82.0 Å². The molecule has 0 aliphatic carbocycles. The second kappa shape index (κ2) is 7.97. The molecule has 0 amide bonds. The van der Waals surface area contributed by atoms with Crippen molar-refractivity contribution >= 4 is 34.0 Å². The maximum atomic E-state index is 12.1. The van der Waals surface area contributed by atoms with Crippen molar-refractivity contribution in [3.8, 4) is 6.07 Å². The number of rotatable bonds is 5. The van der Waals surface area contributed by atoms with Crippen LogP contribution in [0.5, 0.6) is 0 Å². The van der Waals surface area contributed by atoms with Crippen molar-refractivity contribution in [3.05, 3.63) is 28.8 Å². The van der Waals surface area contributed by atoms with Crippen LogP contribution < -0.4 is 10.0 Å². The number of hydrogen-bond acceptors (Lipinski definition) is 4. The maximum Gasteiger partial charge on any atom is 0.240 e. The minimum absolute atomic E-state index is 0. The molecular weight excluding hydrogens is 333 g/mol. The molecule has 2 rings (SSSR count). The quantitative estimate of drug-likeness (QED) is 0.850. The molecule has 0 spiro atoms. The van der Waals surface area contributed by atoms with Crippen molar-refractivity contribution in [2.45, 2.75) is 17.7 Å². The average molecular weight is 350 g/mol. The van der Waals surface area contributed by atoms with Gasteiger partial charge in [-0.15, -0.1) is 12.4 Å². The molecule has 1 atom stereocenters. The third kappa shape index (κ3) is 4.83. The minimum atomic E-state index is -3.58. The molecule has 1 fully saturated rings. The maximum absolute atomic E-state index is 12.1. The molecular formula is C13H17Cl2N3O2S. The zero-order chi connectivity index (χ0) is 14.6. The van der Waals surface area contributed by atoms with Crippen LogP contribution in [0.1, 0.15) is 18.4 Å². The molecule has 116 valence electrons. The van der Waals surface area contributed by atoms with Gasteiger partial charge in [-0.25, -0.2) is 13.1 Å². The third-order valence-electron chi connectivity index (χ3n) is 3.38. The molecule has 0 radical (unpaired) electrons. The van der Waals surface area contributed by atoms with Crippen LogP contribution in [0, 0.1) is 17.2 Å². The zero-order valence-corrected chi connectivity index (χ0v) is 13.7. The highest BCUT2D eigenvalue weighted by atomic mass is 35.5. The first-order chi connectivity index (χ1) is 9.53. The SMILES string of the molecule is Cl.N#Cc1cc(S(=O)(=O)NCCC2CCNC2)ccc1Cl. The van der Waals surface area contributed by atoms with Crippen LogP contribution in [0.4, 0.5) is 0 Å². The fraction of sp³-hybridized carbons (Fsp3) is 0.462. The molecule has 1 saturated heterocycles. The van der Waals surface area contributed by atoms with Gasteiger partial charge >= 0.3 is 0 Å². The van der Waals surface area contributed by atoms with Gasteiger partial charge in [0.1, 0.15) is 6.07 Å². The van der Waals surface area contributed by atoms with Gasteiger partial charge in [-0.1, -0.05) is 11.6 Å². The number of nitrogens with one attached hydrogen (secondary N) is 2. The average Bonchev–Trinajstić information content (AvgIpc) is 2.92. The molecule has 1 aromatic carbocycles. The number of sulfonamides is 1. The summed E-state index contributed by atoms with van der Waals surface area (Å²) in [6.45, 7) is 2.35. The van der Waals surface area contributed by atoms with Crippen LogP contribution in [0.15, 0.2) is 23.1 Å². The Hall–Kier alpha value is -0.840. The van der Waals surface area contributed by atoms with E-state index in [0.717, 1.165) is 25.9 Å². The van der Waals surface area contributed by atoms with Crippen molar-refractivity contribution in [2.75, 3.05) is 19.6 Å². The first-order valence-corrected chi connectivity index (χ1v) is 8.29. The summed E-state index contributed by atoms with van der Waals surface area (Å²) >= 11 is 5.79. The molecule has 0 bridgehead atoms. The molecule has 21 heavy (non-hydrogen) atoms. The van der Waals surface area contributed by atoms with E-state index in [2.05, 4.69) is 10.0 Å². The van der Waals surface area contributed by atoms with Gasteiger partial charge in [0.05, 0.1) is 15.5 Å². The lowest BCUT2D eigenvalue weighted by atomic mass is 10.1. The molecule has 1 aliphatic heterocycles. The summed E-state index contributed by atoms with van der Waals surface area (Å²) in [7, 11) is -3.58. The summed E-state index contributed by atoms with van der Waals surface area (Å²) in [5, 5.41) is 12.4. The molecule has 1 aliphatic rings. The van der Waals surface area contributed by atoms with E-state index in [-0.39, 0.29) is 27.9 Å². The summed E-state index contributed by atoms with van der Waals surface area (Å²) in [5.41, 5.74) is 0.162. The molecule has 0 aromatic heterocycles. The lowest BCUT2D eigenvalue weighted by Crippen LogP contribution is -2.26. The Morgan fingerprint density at radius 3 is 2.86 bits per heavy atom. The van der Waals surface area contributed by atoms with Crippen LogP contribution in [-0.2, 0) is 10.0 Å². The van der Waals surface area contributed by atoms with E-state index in [1.165, 1.54) is 18.2 Å². The standard InChI is InChI=1S/C13H16ClN3O2S.ClH/c14-13-2-1-12(7-11(13)8-15)20(18,19)17-6-4-10-3-5-16-9-10;/h1-2,7,10,16-17H,3-6,9H2;1H. The summed E-state index contributed by atoms with van der Waals surface area (Å²) in [6.07, 6.45) is 1.90. The zero-order valence-electron chi connectivity index (χ0n) is 11.3. The second-order valence-corrected chi connectivity index (χ2v) is 6.97. The summed E-state index contributed by atoms with van der Waals surface area (Å²) < 4.78 is 26.8. The molecule has 8 heteroatoms. The monoisotopic (exact) mass is 349 g/mol. The molecule has 5 nitrogen and oxygen atoms in total. The van der Waals surface area contributed by atoms with Crippen molar-refractivity contribution in [3.63, 3.8) is 0 Å². The Kier molecular flexibility index (Phi) is 6.91. The van der Waals surface area contributed by atoms with E-state index < -0.39 is 10.0 Å². The van der Waals surface area contributed by atoms with Gasteiger partial charge in [0.25, 0.3) is 0 Å². The van der Waals surface area contributed by atoms with Crippen LogP contribution in [0.3, 0.4) is 0 Å². The normalized spacial score (nSPS) is 18.0. The Labute approximate surface area is 136 Å². The predicted molar refractivity (Wildman–Crippen MR) is 84.2 cm³/mol. The lowest BCUT2D eigenvalue weighted by molar-refractivity contribution is 0.519. The predicted octanol–water partition coefficient (Wildman–Crippen LogP) is 1.91. The highest BCUT2D eigenvalue weighted by Gasteiger charge is 2.18. The number of nitrogens with zero attached hydrogens (tertiary/aromatic N) is 1. The molecule has 1 heterocycles. The summed E-state index contributed by atoms with van der Waals surface area (Å²) in [5.74, 6) is 0.526. The van der Waals surface area contributed by atoms with E-state index in [4.69, 9.17) is 16.9 Å². The number of halogens is 2. The second-order valence-electron chi connectivity index (χ2n) is 4.80. The number of nitriles is 1. The lowest BCUT2D eigenvalue weighted by Gasteiger charge is -2.10. The first-order valence-electron chi connectivity index (χ1n) is 6.43. The first kappa shape index (κ1) is 18.2. The molecule has 1 aromatic rings. The smallest absolute Gasteiger partial charge is 0.240 e. The Morgan fingerprint density at radius 1 is 1.48 bits per heavy atom. The van der Waals surface area contributed by atoms with Gasteiger partial charge < -0.3 is 5.32 Å². The number of hydrogen-bond donors (Lipinski definition) is 2. The van der Waals surface area contributed by atoms with Crippen LogP contribution in [0.25, 0.3) is 0 Å². The van der Waals surface area contributed by atoms with Crippen molar-refractivity contribution in [1.29, 1.82) is 5.26 Å². The van der Waals surface area contributed by atoms with Crippen molar-refractivity contribution in [1.82, 2.24) is 10.0 Å². The molecule has 2 N–H and O–H groups in total. The summed E-state index contributed by atoms with van der Waals surface area (Å²) in [4.78, 5) is 0.0722. The van der Waals surface area contributed by atoms with Gasteiger partial charge in [-0.2, -0.15) is 5.26 Å². The van der Waals surface area contributed by atoms with E-state index in [1.807, 2.05) is 6.07 Å². The fourth-order valence-electron chi connectivity index (χ4n) is 2.20.